The third-order valence-electron chi connectivity index (χ3n) is 3.13. The summed E-state index contributed by atoms with van der Waals surface area (Å²) in [6.45, 7) is 8.50. The summed E-state index contributed by atoms with van der Waals surface area (Å²) in [5.41, 5.74) is 0. The van der Waals surface area contributed by atoms with Crippen molar-refractivity contribution in [1.82, 2.24) is 0 Å². The molecule has 0 saturated carbocycles. The predicted molar refractivity (Wildman–Crippen MR) is 74.6 cm³/mol. The van der Waals surface area contributed by atoms with Gasteiger partial charge in [-0.05, 0) is 32.1 Å². The normalized spacial score (nSPS) is 12.4. The number of esters is 1. The fourth-order valence-electron chi connectivity index (χ4n) is 1.89. The molecule has 108 valence electrons. The molecule has 0 heterocycles. The Morgan fingerprint density at radius 1 is 1.11 bits per heavy atom. The number of unbranched alkanes of at least 4 members (excludes halogenated alkanes) is 2. The highest BCUT2D eigenvalue weighted by Crippen LogP contribution is 2.11. The molecule has 0 aliphatic carbocycles. The minimum Gasteiger partial charge on any atom is -0.465 e. The second-order valence-electron chi connectivity index (χ2n) is 4.75. The molecular weight excluding hydrogens is 228 g/mol. The lowest BCUT2D eigenvalue weighted by Crippen LogP contribution is -2.13. The Morgan fingerprint density at radius 3 is 2.50 bits per heavy atom. The summed E-state index contributed by atoms with van der Waals surface area (Å²) in [7, 11) is 0. The lowest BCUT2D eigenvalue weighted by molar-refractivity contribution is -0.145. The minimum atomic E-state index is -0.0408. The Kier molecular flexibility index (Phi) is 12.5. The molecule has 0 fully saturated rings. The topological polar surface area (TPSA) is 35.5 Å². The van der Waals surface area contributed by atoms with Gasteiger partial charge in [-0.25, -0.2) is 0 Å². The fraction of sp³-hybridized carbons (Fsp3) is 0.933. The average molecular weight is 258 g/mol. The van der Waals surface area contributed by atoms with E-state index >= 15 is 0 Å². The van der Waals surface area contributed by atoms with Crippen molar-refractivity contribution < 1.29 is 14.3 Å². The lowest BCUT2D eigenvalue weighted by atomic mass is 10.0. The Hall–Kier alpha value is -0.570. The quantitative estimate of drug-likeness (QED) is 0.393. The van der Waals surface area contributed by atoms with Crippen LogP contribution in [0.1, 0.15) is 65.7 Å². The lowest BCUT2D eigenvalue weighted by Gasteiger charge is -2.13. The van der Waals surface area contributed by atoms with Crippen molar-refractivity contribution in [2.24, 2.45) is 5.92 Å². The van der Waals surface area contributed by atoms with Gasteiger partial charge < -0.3 is 9.47 Å². The van der Waals surface area contributed by atoms with E-state index in [1.807, 2.05) is 6.92 Å². The number of rotatable bonds is 12. The minimum absolute atomic E-state index is 0.0408. The maximum absolute atomic E-state index is 11.5. The van der Waals surface area contributed by atoms with Gasteiger partial charge in [0, 0.05) is 19.6 Å². The smallest absolute Gasteiger partial charge is 0.305 e. The van der Waals surface area contributed by atoms with Crippen molar-refractivity contribution in [2.75, 3.05) is 19.8 Å². The first-order valence-corrected chi connectivity index (χ1v) is 7.47. The summed E-state index contributed by atoms with van der Waals surface area (Å²) < 4.78 is 10.5. The summed E-state index contributed by atoms with van der Waals surface area (Å²) in [5.74, 6) is 0.498. The molecule has 0 rings (SSSR count). The molecule has 3 heteroatoms. The van der Waals surface area contributed by atoms with Gasteiger partial charge in [0.25, 0.3) is 0 Å². The number of carbonyl (C=O) groups excluding carboxylic acids is 1. The number of hydrogen-bond donors (Lipinski definition) is 0. The van der Waals surface area contributed by atoms with Crippen LogP contribution in [0, 0.1) is 5.92 Å². The molecule has 0 bridgehead atoms. The van der Waals surface area contributed by atoms with Crippen molar-refractivity contribution in [3.63, 3.8) is 0 Å². The number of carbonyl (C=O) groups is 1. The molecule has 1 unspecified atom stereocenters. The highest BCUT2D eigenvalue weighted by atomic mass is 16.5. The molecule has 0 aromatic carbocycles. The summed E-state index contributed by atoms with van der Waals surface area (Å²) in [6.07, 6.45) is 6.95. The molecule has 0 spiro atoms. The molecule has 0 radical (unpaired) electrons. The van der Waals surface area contributed by atoms with Crippen LogP contribution in [0.5, 0.6) is 0 Å². The first-order chi connectivity index (χ1) is 8.74. The molecule has 0 aromatic rings. The molecule has 18 heavy (non-hydrogen) atoms. The number of hydrogen-bond acceptors (Lipinski definition) is 3. The third-order valence-corrected chi connectivity index (χ3v) is 3.13. The van der Waals surface area contributed by atoms with E-state index in [-0.39, 0.29) is 5.97 Å². The highest BCUT2D eigenvalue weighted by molar-refractivity contribution is 5.69. The second kappa shape index (κ2) is 12.9. The molecule has 0 saturated heterocycles. The van der Waals surface area contributed by atoms with Crippen LogP contribution in [0.3, 0.4) is 0 Å². The van der Waals surface area contributed by atoms with E-state index in [2.05, 4.69) is 13.8 Å². The van der Waals surface area contributed by atoms with Crippen LogP contribution in [0.25, 0.3) is 0 Å². The molecule has 1 atom stereocenters. The molecule has 0 aromatic heterocycles. The Balaban J connectivity index is 3.41. The van der Waals surface area contributed by atoms with E-state index < -0.39 is 0 Å². The Bertz CT molecular complexity index is 192. The van der Waals surface area contributed by atoms with E-state index in [9.17, 15) is 4.79 Å². The molecule has 0 N–H and O–H groups in total. The Labute approximate surface area is 112 Å². The van der Waals surface area contributed by atoms with Gasteiger partial charge in [-0.2, -0.15) is 0 Å². The Morgan fingerprint density at radius 2 is 1.89 bits per heavy atom. The van der Waals surface area contributed by atoms with E-state index in [1.54, 1.807) is 0 Å². The summed E-state index contributed by atoms with van der Waals surface area (Å²) in [6, 6.07) is 0. The largest absolute Gasteiger partial charge is 0.465 e. The second-order valence-corrected chi connectivity index (χ2v) is 4.75. The average Bonchev–Trinajstić information content (AvgIpc) is 2.38. The van der Waals surface area contributed by atoms with Gasteiger partial charge in [-0.1, -0.05) is 33.1 Å². The van der Waals surface area contributed by atoms with Crippen LogP contribution in [0.4, 0.5) is 0 Å². The summed E-state index contributed by atoms with van der Waals surface area (Å²) in [5, 5.41) is 0. The maximum Gasteiger partial charge on any atom is 0.305 e. The van der Waals surface area contributed by atoms with Gasteiger partial charge >= 0.3 is 5.97 Å². The zero-order valence-corrected chi connectivity index (χ0v) is 12.4. The first-order valence-electron chi connectivity index (χ1n) is 7.47. The van der Waals surface area contributed by atoms with Gasteiger partial charge in [-0.15, -0.1) is 0 Å². The van der Waals surface area contributed by atoms with Gasteiger partial charge in [0.1, 0.15) is 0 Å². The van der Waals surface area contributed by atoms with Crippen LogP contribution >= 0.6 is 0 Å². The SMILES string of the molecule is CCCC(CC)COC(=O)CCCCCOCC. The number of ether oxygens (including phenoxy) is 2. The van der Waals surface area contributed by atoms with Gasteiger partial charge in [0.05, 0.1) is 6.61 Å². The van der Waals surface area contributed by atoms with Gasteiger partial charge in [0.2, 0.25) is 0 Å². The van der Waals surface area contributed by atoms with Crippen molar-refractivity contribution in [2.45, 2.75) is 65.7 Å². The van der Waals surface area contributed by atoms with E-state index in [1.165, 1.54) is 0 Å². The van der Waals surface area contributed by atoms with Crippen LogP contribution in [0.2, 0.25) is 0 Å². The van der Waals surface area contributed by atoms with Crippen molar-refractivity contribution >= 4 is 5.97 Å². The van der Waals surface area contributed by atoms with Crippen LogP contribution in [0.15, 0.2) is 0 Å². The van der Waals surface area contributed by atoms with E-state index in [4.69, 9.17) is 9.47 Å². The molecule has 0 aliphatic heterocycles. The highest BCUT2D eigenvalue weighted by Gasteiger charge is 2.09. The van der Waals surface area contributed by atoms with Crippen molar-refractivity contribution in [3.05, 3.63) is 0 Å². The van der Waals surface area contributed by atoms with E-state index in [0.29, 0.717) is 18.9 Å². The molecule has 0 aliphatic rings. The summed E-state index contributed by atoms with van der Waals surface area (Å²) in [4.78, 5) is 11.5. The first kappa shape index (κ1) is 17.4. The van der Waals surface area contributed by atoms with Crippen LogP contribution < -0.4 is 0 Å². The standard InChI is InChI=1S/C15H30O3/c1-4-10-14(5-2)13-18-15(16)11-8-7-9-12-17-6-3/h14H,4-13H2,1-3H3. The van der Waals surface area contributed by atoms with Gasteiger partial charge in [-0.3, -0.25) is 4.79 Å². The summed E-state index contributed by atoms with van der Waals surface area (Å²) >= 11 is 0. The van der Waals surface area contributed by atoms with Gasteiger partial charge in [0.15, 0.2) is 0 Å². The van der Waals surface area contributed by atoms with Crippen LogP contribution in [-0.2, 0) is 14.3 Å². The van der Waals surface area contributed by atoms with Crippen molar-refractivity contribution in [1.29, 1.82) is 0 Å². The molecule has 3 nitrogen and oxygen atoms in total. The fourth-order valence-corrected chi connectivity index (χ4v) is 1.89. The third kappa shape index (κ3) is 10.6. The zero-order valence-electron chi connectivity index (χ0n) is 12.4. The van der Waals surface area contributed by atoms with Crippen LogP contribution in [-0.4, -0.2) is 25.8 Å². The monoisotopic (exact) mass is 258 g/mol. The van der Waals surface area contributed by atoms with Crippen molar-refractivity contribution in [3.8, 4) is 0 Å². The molecule has 0 amide bonds. The van der Waals surface area contributed by atoms with E-state index in [0.717, 1.165) is 51.7 Å². The predicted octanol–water partition coefficient (Wildman–Crippen LogP) is 3.95. The zero-order chi connectivity index (χ0) is 13.6. The maximum atomic E-state index is 11.5. The molecular formula is C15H30O3.